The van der Waals surface area contributed by atoms with Crippen LogP contribution in [0.2, 0.25) is 0 Å². The van der Waals surface area contributed by atoms with E-state index in [4.69, 9.17) is 9.72 Å². The lowest BCUT2D eigenvalue weighted by Crippen LogP contribution is -2.13. The van der Waals surface area contributed by atoms with Crippen molar-refractivity contribution in [3.63, 3.8) is 0 Å². The molecule has 2 aromatic heterocycles. The predicted molar refractivity (Wildman–Crippen MR) is 126 cm³/mol. The third-order valence-electron chi connectivity index (χ3n) is 6.40. The third kappa shape index (κ3) is 3.32. The van der Waals surface area contributed by atoms with Crippen molar-refractivity contribution in [2.24, 2.45) is 7.05 Å². The lowest BCUT2D eigenvalue weighted by molar-refractivity contribution is -0.116. The van der Waals surface area contributed by atoms with Gasteiger partial charge in [0.15, 0.2) is 5.65 Å². The van der Waals surface area contributed by atoms with E-state index in [9.17, 15) is 4.79 Å². The van der Waals surface area contributed by atoms with Crippen LogP contribution in [0, 0.1) is 13.8 Å². The van der Waals surface area contributed by atoms with Crippen molar-refractivity contribution < 1.29 is 9.53 Å². The van der Waals surface area contributed by atoms with Crippen LogP contribution in [0.4, 0.5) is 5.69 Å². The van der Waals surface area contributed by atoms with Crippen molar-refractivity contribution in [2.45, 2.75) is 33.1 Å². The maximum absolute atomic E-state index is 12.7. The Morgan fingerprint density at radius 3 is 2.72 bits per heavy atom. The second-order valence-electron chi connectivity index (χ2n) is 8.39. The van der Waals surface area contributed by atoms with Gasteiger partial charge >= 0.3 is 0 Å². The molecule has 1 amide bonds. The minimum atomic E-state index is -0.00231. The molecule has 4 aromatic rings. The highest BCUT2D eigenvalue weighted by atomic mass is 16.5. The topological polar surface area (TPSA) is 69.0 Å². The number of nitrogens with zero attached hydrogens (tertiary/aromatic N) is 3. The summed E-state index contributed by atoms with van der Waals surface area (Å²) in [6, 6.07) is 14.7. The molecule has 6 nitrogen and oxygen atoms in total. The van der Waals surface area contributed by atoms with E-state index in [-0.39, 0.29) is 5.91 Å². The monoisotopic (exact) mass is 426 g/mol. The molecule has 2 aromatic carbocycles. The van der Waals surface area contributed by atoms with Gasteiger partial charge in [-0.15, -0.1) is 5.10 Å². The maximum atomic E-state index is 12.7. The second-order valence-corrected chi connectivity index (χ2v) is 8.39. The van der Waals surface area contributed by atoms with Crippen LogP contribution in [0.1, 0.15) is 34.4 Å². The number of benzene rings is 2. The molecule has 0 radical (unpaired) electrons. The van der Waals surface area contributed by atoms with Gasteiger partial charge < -0.3 is 10.1 Å². The number of amides is 1. The number of pyridine rings is 1. The number of aromatic nitrogens is 3. The van der Waals surface area contributed by atoms with Crippen molar-refractivity contribution in [1.82, 2.24) is 14.8 Å². The summed E-state index contributed by atoms with van der Waals surface area (Å²) in [5.74, 6) is 0.565. The van der Waals surface area contributed by atoms with Gasteiger partial charge in [0.1, 0.15) is 0 Å². The van der Waals surface area contributed by atoms with Gasteiger partial charge in [-0.3, -0.25) is 4.79 Å². The Kier molecular flexibility index (Phi) is 4.93. The van der Waals surface area contributed by atoms with Crippen molar-refractivity contribution in [1.29, 1.82) is 0 Å². The normalized spacial score (nSPS) is 12.0. The molecule has 2 heterocycles. The molecule has 5 rings (SSSR count). The van der Waals surface area contributed by atoms with Crippen molar-refractivity contribution >= 4 is 22.6 Å². The van der Waals surface area contributed by atoms with E-state index in [0.29, 0.717) is 18.7 Å². The highest BCUT2D eigenvalue weighted by Crippen LogP contribution is 2.37. The summed E-state index contributed by atoms with van der Waals surface area (Å²) < 4.78 is 7.17. The lowest BCUT2D eigenvalue weighted by atomic mass is 10.00. The first-order valence-electron chi connectivity index (χ1n) is 10.8. The summed E-state index contributed by atoms with van der Waals surface area (Å²) in [4.78, 5) is 17.5. The van der Waals surface area contributed by atoms with Crippen LogP contribution in [-0.2, 0) is 24.7 Å². The van der Waals surface area contributed by atoms with E-state index in [2.05, 4.69) is 46.8 Å². The Balaban J connectivity index is 1.32. The van der Waals surface area contributed by atoms with Crippen molar-refractivity contribution in [3.8, 4) is 17.0 Å². The summed E-state index contributed by atoms with van der Waals surface area (Å²) in [7, 11) is 3.47. The fourth-order valence-corrected chi connectivity index (χ4v) is 4.79. The second kappa shape index (κ2) is 7.79. The average molecular weight is 427 g/mol. The number of carbonyl (C=O) groups excluding carboxylic acids is 1. The molecule has 0 aliphatic heterocycles. The molecule has 1 aliphatic rings. The fraction of sp³-hybridized carbons (Fsp3) is 0.269. The van der Waals surface area contributed by atoms with Crippen LogP contribution >= 0.6 is 0 Å². The Morgan fingerprint density at radius 2 is 1.91 bits per heavy atom. The van der Waals surface area contributed by atoms with Crippen LogP contribution in [0.15, 0.2) is 42.5 Å². The summed E-state index contributed by atoms with van der Waals surface area (Å²) in [6.45, 7) is 4.03. The van der Waals surface area contributed by atoms with Crippen LogP contribution in [0.3, 0.4) is 0 Å². The zero-order valence-electron chi connectivity index (χ0n) is 18.8. The summed E-state index contributed by atoms with van der Waals surface area (Å²) in [5, 5.41) is 8.38. The number of nitrogens with one attached hydrogen (secondary N) is 1. The van der Waals surface area contributed by atoms with Gasteiger partial charge in [0.2, 0.25) is 11.8 Å². The molecule has 0 saturated heterocycles. The molecule has 1 N–H and O–H groups in total. The van der Waals surface area contributed by atoms with Gasteiger partial charge in [-0.25, -0.2) is 9.67 Å². The zero-order valence-corrected chi connectivity index (χ0v) is 18.8. The first-order chi connectivity index (χ1) is 15.5. The number of hydrogen-bond acceptors (Lipinski definition) is 4. The number of ether oxygens (including phenoxy) is 1. The summed E-state index contributed by atoms with van der Waals surface area (Å²) >= 11 is 0. The van der Waals surface area contributed by atoms with Crippen LogP contribution in [0.5, 0.6) is 5.88 Å². The van der Waals surface area contributed by atoms with Crippen LogP contribution < -0.4 is 10.1 Å². The molecular formula is C26H26N4O2. The van der Waals surface area contributed by atoms with E-state index < -0.39 is 0 Å². The summed E-state index contributed by atoms with van der Waals surface area (Å²) in [6.07, 6.45) is 1.90. The van der Waals surface area contributed by atoms with E-state index in [0.717, 1.165) is 40.0 Å². The first kappa shape index (κ1) is 20.2. The lowest BCUT2D eigenvalue weighted by Gasteiger charge is -2.12. The molecule has 0 fully saturated rings. The van der Waals surface area contributed by atoms with Gasteiger partial charge in [-0.1, -0.05) is 30.3 Å². The predicted octanol–water partition coefficient (Wildman–Crippen LogP) is 4.74. The minimum Gasteiger partial charge on any atom is -0.479 e. The van der Waals surface area contributed by atoms with E-state index in [1.165, 1.54) is 22.3 Å². The van der Waals surface area contributed by atoms with Crippen LogP contribution in [-0.4, -0.2) is 27.8 Å². The number of anilines is 1. The van der Waals surface area contributed by atoms with E-state index in [1.54, 1.807) is 11.8 Å². The molecule has 6 heteroatoms. The zero-order chi connectivity index (χ0) is 22.4. The first-order valence-corrected chi connectivity index (χ1v) is 10.8. The molecule has 0 unspecified atom stereocenters. The van der Waals surface area contributed by atoms with Gasteiger partial charge in [0.25, 0.3) is 0 Å². The van der Waals surface area contributed by atoms with Crippen LogP contribution in [0.25, 0.3) is 22.2 Å². The van der Waals surface area contributed by atoms with Crippen molar-refractivity contribution in [2.75, 3.05) is 12.4 Å². The molecule has 0 atom stereocenters. The quantitative estimate of drug-likeness (QED) is 0.441. The van der Waals surface area contributed by atoms with Gasteiger partial charge in [-0.05, 0) is 72.2 Å². The number of aryl methyl sites for hydroxylation is 3. The van der Waals surface area contributed by atoms with Gasteiger partial charge in [-0.2, -0.15) is 0 Å². The molecule has 0 bridgehead atoms. The highest BCUT2D eigenvalue weighted by molar-refractivity contribution is 5.92. The molecule has 1 aliphatic carbocycles. The molecule has 32 heavy (non-hydrogen) atoms. The number of carbonyl (C=O) groups is 1. The Hall–Kier alpha value is -3.67. The van der Waals surface area contributed by atoms with E-state index >= 15 is 0 Å². The number of hydrogen-bond donors (Lipinski definition) is 1. The molecular weight excluding hydrogens is 400 g/mol. The Morgan fingerprint density at radius 1 is 1.12 bits per heavy atom. The number of rotatable bonds is 5. The maximum Gasteiger partial charge on any atom is 0.242 e. The minimum absolute atomic E-state index is 0.00231. The standard InChI is InChI=1S/C26H26N4O2/c1-15-20(16(2)27-25-24(15)26(32-4)29-30(25)3)11-12-23(31)28-19-9-10-22-18(14-19)13-17-7-5-6-8-21(17)22/h5-10,14H,11-13H2,1-4H3,(H,28,31). The SMILES string of the molecule is COc1nn(C)c2nc(C)c(CCC(=O)Nc3ccc4c(c3)Cc3ccccc3-4)c(C)c12. The number of methoxy groups -OCH3 is 1. The van der Waals surface area contributed by atoms with Gasteiger partial charge in [0, 0.05) is 24.8 Å². The average Bonchev–Trinajstić information content (AvgIpc) is 3.30. The Bertz CT molecular complexity index is 1370. The fourth-order valence-electron chi connectivity index (χ4n) is 4.79. The largest absolute Gasteiger partial charge is 0.479 e. The number of fused-ring (bicyclic) bond motifs is 4. The molecule has 162 valence electrons. The Labute approximate surface area is 187 Å². The third-order valence-corrected chi connectivity index (χ3v) is 6.40. The molecule has 0 saturated carbocycles. The molecule has 0 spiro atoms. The van der Waals surface area contributed by atoms with Gasteiger partial charge in [0.05, 0.1) is 12.5 Å². The summed E-state index contributed by atoms with van der Waals surface area (Å²) in [5.41, 5.74) is 9.85. The smallest absolute Gasteiger partial charge is 0.242 e. The highest BCUT2D eigenvalue weighted by Gasteiger charge is 2.20. The van der Waals surface area contributed by atoms with Crippen molar-refractivity contribution in [3.05, 3.63) is 70.4 Å². The van der Waals surface area contributed by atoms with E-state index in [1.807, 2.05) is 27.0 Å².